The van der Waals surface area contributed by atoms with E-state index in [4.69, 9.17) is 9.84 Å². The Hall–Kier alpha value is -3.72. The van der Waals surface area contributed by atoms with Crippen molar-refractivity contribution in [3.8, 4) is 5.75 Å². The minimum absolute atomic E-state index is 0.371. The van der Waals surface area contributed by atoms with Gasteiger partial charge in [-0.2, -0.15) is 4.58 Å². The predicted octanol–water partition coefficient (Wildman–Crippen LogP) is 5.00. The van der Waals surface area contributed by atoms with Crippen LogP contribution in [0, 0.1) is 0 Å². The summed E-state index contributed by atoms with van der Waals surface area (Å²) in [4.78, 5) is 11.7. The third kappa shape index (κ3) is 5.20. The Morgan fingerprint density at radius 2 is 1.88 bits per heavy atom. The fourth-order valence-corrected chi connectivity index (χ4v) is 4.24. The number of carbonyl (C=O) groups is 1. The molecule has 2 aromatic heterocycles. The van der Waals surface area contributed by atoms with Crippen LogP contribution in [0.4, 0.5) is 8.63 Å². The molecule has 1 N–H and O–H groups in total. The van der Waals surface area contributed by atoms with Gasteiger partial charge in [0.2, 0.25) is 11.4 Å². The molecule has 1 aliphatic heterocycles. The van der Waals surface area contributed by atoms with E-state index in [0.29, 0.717) is 17.1 Å². The van der Waals surface area contributed by atoms with Crippen LogP contribution in [0.5, 0.6) is 5.75 Å². The molecule has 0 radical (unpaired) electrons. The number of aromatic nitrogens is 1. The second kappa shape index (κ2) is 9.83. The van der Waals surface area contributed by atoms with Crippen LogP contribution in [0.3, 0.4) is 0 Å². The zero-order valence-electron chi connectivity index (χ0n) is 17.7. The highest BCUT2D eigenvalue weighted by molar-refractivity contribution is 7.12. The van der Waals surface area contributed by atoms with Crippen LogP contribution in [0.15, 0.2) is 71.8 Å². The first-order chi connectivity index (χ1) is 15.9. The third-order valence-electron chi connectivity index (χ3n) is 5.10. The van der Waals surface area contributed by atoms with Crippen molar-refractivity contribution in [3.05, 3.63) is 93.6 Å². The highest BCUT2D eigenvalue weighted by atomic mass is 32.1. The largest absolute Gasteiger partial charge is 0.678 e. The van der Waals surface area contributed by atoms with Gasteiger partial charge in [0.1, 0.15) is 12.8 Å². The van der Waals surface area contributed by atoms with Crippen molar-refractivity contribution in [3.63, 3.8) is 0 Å². The molecule has 0 amide bonds. The number of hydrogen-bond donors (Lipinski definition) is 1. The molecule has 0 bridgehead atoms. The second-order valence-electron chi connectivity index (χ2n) is 7.24. The van der Waals surface area contributed by atoms with E-state index in [9.17, 15) is 13.4 Å². The summed E-state index contributed by atoms with van der Waals surface area (Å²) in [6.45, 7) is -0.424. The van der Waals surface area contributed by atoms with Gasteiger partial charge < -0.3 is 14.3 Å². The summed E-state index contributed by atoms with van der Waals surface area (Å²) in [6, 6.07) is 14.1. The number of ether oxygens (including phenoxy) is 1. The number of rotatable bonds is 8. The lowest BCUT2D eigenvalue weighted by molar-refractivity contribution is -0.431. The maximum Gasteiger partial charge on any atom is 0.678 e. The molecule has 3 aromatic rings. The van der Waals surface area contributed by atoms with E-state index in [0.717, 1.165) is 26.3 Å². The predicted molar refractivity (Wildman–Crippen MR) is 128 cm³/mol. The van der Waals surface area contributed by atoms with Crippen molar-refractivity contribution in [2.75, 3.05) is 13.7 Å². The average molecular weight is 465 g/mol. The first kappa shape index (κ1) is 22.5. The fraction of sp³-hybridized carbons (Fsp3) is 0.0833. The molecule has 5 nitrogen and oxygen atoms in total. The summed E-state index contributed by atoms with van der Waals surface area (Å²) >= 11 is 1.63. The van der Waals surface area contributed by atoms with Gasteiger partial charge in [-0.05, 0) is 47.4 Å². The van der Waals surface area contributed by atoms with E-state index < -0.39 is 20.0 Å². The maximum absolute atomic E-state index is 13.9. The number of aliphatic carboxylic acids is 1. The van der Waals surface area contributed by atoms with Crippen LogP contribution >= 0.6 is 11.3 Å². The summed E-state index contributed by atoms with van der Waals surface area (Å²) in [6.07, 6.45) is 8.99. The summed E-state index contributed by atoms with van der Waals surface area (Å²) in [5, 5.41) is 10.7. The standard InChI is InChI=1S/C24H19BF2N2O3S/c1-28-19(10-13-22(28)23-3-2-14-33-23)15-20-9-8-18(29(20)25(26)27)7-4-17-5-11-21(12-6-17)32-16-24(30)31/h2-15H,16H2,1H3/p+1/b7-4+. The van der Waals surface area contributed by atoms with Crippen molar-refractivity contribution >= 4 is 48.6 Å². The van der Waals surface area contributed by atoms with Gasteiger partial charge in [0.05, 0.1) is 4.88 Å². The summed E-state index contributed by atoms with van der Waals surface area (Å²) in [5.41, 5.74) is 3.40. The van der Waals surface area contributed by atoms with E-state index >= 15 is 0 Å². The summed E-state index contributed by atoms with van der Waals surface area (Å²) in [5.74, 6) is -0.635. The SMILES string of the molecule is C[N+]1=C(c2cccs2)C=C/C1=C/c1ccc(/C=C/c2ccc(OCC(=O)O)cc2)n1B(F)F. The minimum atomic E-state index is -2.70. The quantitative estimate of drug-likeness (QED) is 0.377. The monoisotopic (exact) mass is 465 g/mol. The number of hydrogen-bond acceptors (Lipinski definition) is 3. The lowest BCUT2D eigenvalue weighted by Crippen LogP contribution is -2.16. The molecule has 0 fully saturated rings. The lowest BCUT2D eigenvalue weighted by Gasteiger charge is -2.06. The second-order valence-corrected chi connectivity index (χ2v) is 8.19. The molecule has 0 spiro atoms. The molecule has 4 rings (SSSR count). The van der Waals surface area contributed by atoms with Crippen molar-refractivity contribution in [1.29, 1.82) is 0 Å². The van der Waals surface area contributed by atoms with Gasteiger partial charge in [0.15, 0.2) is 6.61 Å². The Labute approximate surface area is 194 Å². The lowest BCUT2D eigenvalue weighted by atomic mass is 10.1. The van der Waals surface area contributed by atoms with Crippen LogP contribution in [0.1, 0.15) is 21.8 Å². The molecule has 0 atom stereocenters. The number of carboxylic acids is 1. The highest BCUT2D eigenvalue weighted by Gasteiger charge is 2.25. The molecular weight excluding hydrogens is 445 g/mol. The summed E-state index contributed by atoms with van der Waals surface area (Å²) < 4.78 is 35.9. The van der Waals surface area contributed by atoms with Crippen molar-refractivity contribution in [2.45, 2.75) is 0 Å². The van der Waals surface area contributed by atoms with Crippen LogP contribution in [0.2, 0.25) is 0 Å². The van der Waals surface area contributed by atoms with Crippen LogP contribution in [-0.4, -0.2) is 46.9 Å². The van der Waals surface area contributed by atoms with E-state index in [1.54, 1.807) is 66.0 Å². The molecule has 9 heteroatoms. The Balaban J connectivity index is 1.56. The number of likely N-dealkylation sites (N-methyl/N-ethyl adjacent to an activating group) is 1. The third-order valence-corrected chi connectivity index (χ3v) is 5.99. The van der Waals surface area contributed by atoms with Crippen LogP contribution in [-0.2, 0) is 4.79 Å². The fourth-order valence-electron chi connectivity index (χ4n) is 3.46. The van der Waals surface area contributed by atoms with Gasteiger partial charge in [0.25, 0.3) is 0 Å². The number of thiophene rings is 1. The van der Waals surface area contributed by atoms with Gasteiger partial charge in [-0.3, -0.25) is 8.63 Å². The van der Waals surface area contributed by atoms with Gasteiger partial charge in [-0.1, -0.05) is 24.3 Å². The molecule has 33 heavy (non-hydrogen) atoms. The number of halogens is 2. The zero-order valence-corrected chi connectivity index (χ0v) is 18.5. The van der Waals surface area contributed by atoms with Crippen molar-refractivity contribution in [2.24, 2.45) is 0 Å². The molecule has 1 aliphatic rings. The number of allylic oxidation sites excluding steroid dienone is 2. The molecule has 1 aromatic carbocycles. The topological polar surface area (TPSA) is 54.5 Å². The van der Waals surface area contributed by atoms with Gasteiger partial charge in [-0.25, -0.2) is 4.79 Å². The minimum Gasteiger partial charge on any atom is -0.482 e. The molecule has 0 saturated carbocycles. The van der Waals surface area contributed by atoms with Crippen LogP contribution < -0.4 is 4.74 Å². The molecule has 166 valence electrons. The Morgan fingerprint density at radius 3 is 2.55 bits per heavy atom. The first-order valence-corrected chi connectivity index (χ1v) is 11.0. The normalized spacial score (nSPS) is 14.6. The smallest absolute Gasteiger partial charge is 0.482 e. The van der Waals surface area contributed by atoms with E-state index in [1.165, 1.54) is 0 Å². The molecule has 0 aliphatic carbocycles. The number of benzene rings is 1. The Morgan fingerprint density at radius 1 is 1.12 bits per heavy atom. The Bertz CT molecular complexity index is 1270. The van der Waals surface area contributed by atoms with E-state index in [1.807, 2.05) is 41.3 Å². The number of nitrogens with zero attached hydrogens (tertiary/aromatic N) is 2. The first-order valence-electron chi connectivity index (χ1n) is 10.1. The molecular formula is C24H20BF2N2O3S+. The van der Waals surface area contributed by atoms with Crippen LogP contribution in [0.25, 0.3) is 18.2 Å². The summed E-state index contributed by atoms with van der Waals surface area (Å²) in [7, 11) is -0.781. The molecule has 0 unspecified atom stereocenters. The maximum atomic E-state index is 13.9. The van der Waals surface area contributed by atoms with Crippen molar-refractivity contribution in [1.82, 2.24) is 4.48 Å². The number of carboxylic acid groups (broad SMARTS) is 1. The molecule has 0 saturated heterocycles. The highest BCUT2D eigenvalue weighted by Crippen LogP contribution is 2.22. The average Bonchev–Trinajstić information content (AvgIpc) is 3.53. The van der Waals surface area contributed by atoms with Crippen molar-refractivity contribution < 1.29 is 27.8 Å². The molecule has 3 heterocycles. The van der Waals surface area contributed by atoms with Gasteiger partial charge in [0, 0.05) is 29.6 Å². The van der Waals surface area contributed by atoms with E-state index in [-0.39, 0.29) is 0 Å². The Kier molecular flexibility index (Phi) is 6.70. The van der Waals surface area contributed by atoms with Gasteiger partial charge in [-0.15, -0.1) is 11.3 Å². The van der Waals surface area contributed by atoms with Gasteiger partial charge >= 0.3 is 13.4 Å². The zero-order chi connectivity index (χ0) is 23.4. The van der Waals surface area contributed by atoms with E-state index in [2.05, 4.69) is 0 Å².